The van der Waals surface area contributed by atoms with Gasteiger partial charge in [0.15, 0.2) is 11.9 Å². The van der Waals surface area contributed by atoms with E-state index in [0.29, 0.717) is 11.2 Å². The molecule has 1 aromatic carbocycles. The van der Waals surface area contributed by atoms with Gasteiger partial charge in [0.25, 0.3) is 0 Å². The molecule has 3 heterocycles. The summed E-state index contributed by atoms with van der Waals surface area (Å²) < 4.78 is 45.0. The van der Waals surface area contributed by atoms with Gasteiger partial charge in [-0.3, -0.25) is 14.1 Å². The highest BCUT2D eigenvalue weighted by Crippen LogP contribution is 2.48. The van der Waals surface area contributed by atoms with Gasteiger partial charge in [0.1, 0.15) is 47.5 Å². The molecule has 2 aliphatic rings. The quantitative estimate of drug-likeness (QED) is 0.191. The standard InChI is InChI=1S/C30H40N5O9P/c1-18(2)28(36)43-26-24(42-25(30(26,4)38)22-14-15-23-27(31)32-17-33-35(22)23)16-40-45(39,44-21-12-6-5-7-13-21)34-19(3)29(37)41-20-10-8-9-11-20/h5-7,12-15,17-20,24-26,38H,8-11,16H2,1-4H3,(H,34,39)(H2,31,32,33)/t19-,24+,25-,26+,30-,45?/m0/s1. The van der Waals surface area contributed by atoms with Crippen molar-refractivity contribution >= 4 is 31.0 Å². The molecule has 1 aliphatic heterocycles. The van der Waals surface area contributed by atoms with E-state index in [-0.39, 0.29) is 17.7 Å². The van der Waals surface area contributed by atoms with Crippen molar-refractivity contribution in [1.29, 1.82) is 0 Å². The number of rotatable bonds is 12. The lowest BCUT2D eigenvalue weighted by molar-refractivity contribution is -0.166. The van der Waals surface area contributed by atoms with Gasteiger partial charge in [-0.1, -0.05) is 32.0 Å². The molecule has 1 unspecified atom stereocenters. The Hall–Kier alpha value is -3.55. The second-order valence-electron chi connectivity index (χ2n) is 11.9. The largest absolute Gasteiger partial charge is 0.461 e. The van der Waals surface area contributed by atoms with Gasteiger partial charge in [-0.15, -0.1) is 0 Å². The van der Waals surface area contributed by atoms with E-state index in [0.717, 1.165) is 25.7 Å². The first kappa shape index (κ1) is 32.8. The number of carbonyl (C=O) groups is 2. The van der Waals surface area contributed by atoms with Crippen molar-refractivity contribution in [3.63, 3.8) is 0 Å². The summed E-state index contributed by atoms with van der Waals surface area (Å²) in [5.74, 6) is -1.23. The Kier molecular flexibility index (Phi) is 9.80. The number of nitrogens with one attached hydrogen (secondary N) is 1. The molecule has 1 aliphatic carbocycles. The fourth-order valence-corrected chi connectivity index (χ4v) is 6.98. The molecule has 15 heteroatoms. The number of para-hydroxylation sites is 1. The second kappa shape index (κ2) is 13.4. The molecule has 244 valence electrons. The van der Waals surface area contributed by atoms with Crippen LogP contribution in [0.25, 0.3) is 5.52 Å². The van der Waals surface area contributed by atoms with Crippen LogP contribution in [-0.2, 0) is 32.9 Å². The van der Waals surface area contributed by atoms with Gasteiger partial charge in [-0.05, 0) is 63.8 Å². The predicted octanol–water partition coefficient (Wildman–Crippen LogP) is 3.74. The molecule has 6 atom stereocenters. The number of nitrogens with zero attached hydrogens (tertiary/aromatic N) is 3. The number of hydrogen-bond acceptors (Lipinski definition) is 12. The topological polar surface area (TPSA) is 186 Å². The lowest BCUT2D eigenvalue weighted by Gasteiger charge is -2.30. The number of nitrogen functional groups attached to an aromatic ring is 1. The first-order chi connectivity index (χ1) is 21.4. The van der Waals surface area contributed by atoms with Crippen molar-refractivity contribution in [2.24, 2.45) is 5.92 Å². The molecule has 1 saturated heterocycles. The minimum Gasteiger partial charge on any atom is -0.461 e. The minimum atomic E-state index is -4.29. The zero-order valence-electron chi connectivity index (χ0n) is 25.7. The lowest BCUT2D eigenvalue weighted by Crippen LogP contribution is -2.47. The average Bonchev–Trinajstić information content (AvgIpc) is 3.72. The van der Waals surface area contributed by atoms with E-state index < -0.39 is 62.2 Å². The summed E-state index contributed by atoms with van der Waals surface area (Å²) in [5, 5.41) is 18.7. The Morgan fingerprint density at radius 1 is 1.13 bits per heavy atom. The molecule has 45 heavy (non-hydrogen) atoms. The van der Waals surface area contributed by atoms with Gasteiger partial charge in [0.05, 0.1) is 18.2 Å². The van der Waals surface area contributed by atoms with Crippen LogP contribution < -0.4 is 15.3 Å². The third-order valence-corrected chi connectivity index (χ3v) is 9.56. The summed E-state index contributed by atoms with van der Waals surface area (Å²) in [7, 11) is -4.29. The third-order valence-electron chi connectivity index (χ3n) is 7.92. The van der Waals surface area contributed by atoms with Gasteiger partial charge in [0, 0.05) is 0 Å². The van der Waals surface area contributed by atoms with Gasteiger partial charge in [-0.25, -0.2) is 14.1 Å². The summed E-state index contributed by atoms with van der Waals surface area (Å²) in [4.78, 5) is 29.6. The number of ether oxygens (including phenoxy) is 3. The first-order valence-electron chi connectivity index (χ1n) is 15.0. The number of fused-ring (bicyclic) bond motifs is 1. The summed E-state index contributed by atoms with van der Waals surface area (Å²) >= 11 is 0. The van der Waals surface area contributed by atoms with Gasteiger partial charge in [0.2, 0.25) is 0 Å². The maximum absolute atomic E-state index is 14.2. The molecule has 0 spiro atoms. The number of benzene rings is 1. The number of aromatic nitrogens is 3. The Morgan fingerprint density at radius 3 is 2.53 bits per heavy atom. The van der Waals surface area contributed by atoms with Crippen LogP contribution in [0.5, 0.6) is 5.75 Å². The summed E-state index contributed by atoms with van der Waals surface area (Å²) in [6.45, 7) is 5.85. The number of hydrogen-bond donors (Lipinski definition) is 3. The molecular weight excluding hydrogens is 605 g/mol. The highest BCUT2D eigenvalue weighted by Gasteiger charge is 2.57. The Balaban J connectivity index is 1.40. The van der Waals surface area contributed by atoms with Crippen molar-refractivity contribution in [2.75, 3.05) is 12.3 Å². The van der Waals surface area contributed by atoms with Crippen LogP contribution in [-0.4, -0.2) is 68.2 Å². The normalized spacial score (nSPS) is 25.7. The molecule has 0 bridgehead atoms. The van der Waals surface area contributed by atoms with E-state index >= 15 is 0 Å². The Labute approximate surface area is 261 Å². The Bertz CT molecular complexity index is 1540. The maximum Gasteiger partial charge on any atom is 0.459 e. The van der Waals surface area contributed by atoms with Crippen LogP contribution in [0.4, 0.5) is 5.82 Å². The van der Waals surface area contributed by atoms with Crippen molar-refractivity contribution in [3.05, 3.63) is 54.5 Å². The van der Waals surface area contributed by atoms with E-state index in [2.05, 4.69) is 15.2 Å². The molecule has 14 nitrogen and oxygen atoms in total. The van der Waals surface area contributed by atoms with E-state index in [1.54, 1.807) is 56.3 Å². The number of carbonyl (C=O) groups excluding carboxylic acids is 2. The molecule has 1 saturated carbocycles. The van der Waals surface area contributed by atoms with E-state index in [9.17, 15) is 19.3 Å². The van der Waals surface area contributed by atoms with Crippen LogP contribution in [0.15, 0.2) is 48.8 Å². The molecule has 5 rings (SSSR count). The second-order valence-corrected chi connectivity index (χ2v) is 13.6. The summed E-state index contributed by atoms with van der Waals surface area (Å²) in [6.07, 6.45) is 1.15. The van der Waals surface area contributed by atoms with Crippen molar-refractivity contribution < 1.29 is 42.5 Å². The predicted molar refractivity (Wildman–Crippen MR) is 162 cm³/mol. The number of nitrogens with two attached hydrogens (primary N) is 1. The van der Waals surface area contributed by atoms with E-state index in [4.69, 9.17) is 29.0 Å². The highest BCUT2D eigenvalue weighted by molar-refractivity contribution is 7.52. The summed E-state index contributed by atoms with van der Waals surface area (Å²) in [5.41, 5.74) is 5.13. The maximum atomic E-state index is 14.2. The van der Waals surface area contributed by atoms with E-state index in [1.165, 1.54) is 24.7 Å². The molecule has 2 fully saturated rings. The fraction of sp³-hybridized carbons (Fsp3) is 0.533. The first-order valence-corrected chi connectivity index (χ1v) is 16.6. The number of anilines is 1. The van der Waals surface area contributed by atoms with Gasteiger partial charge < -0.3 is 29.6 Å². The van der Waals surface area contributed by atoms with Crippen LogP contribution in [0.2, 0.25) is 0 Å². The zero-order chi connectivity index (χ0) is 32.4. The number of esters is 2. The van der Waals surface area contributed by atoms with Crippen molar-refractivity contribution in [1.82, 2.24) is 19.7 Å². The van der Waals surface area contributed by atoms with E-state index in [1.807, 2.05) is 0 Å². The molecule has 4 N–H and O–H groups in total. The van der Waals surface area contributed by atoms with Crippen molar-refractivity contribution in [3.8, 4) is 5.75 Å². The van der Waals surface area contributed by atoms with Gasteiger partial charge in [-0.2, -0.15) is 10.2 Å². The average molecular weight is 646 g/mol. The van der Waals surface area contributed by atoms with Crippen LogP contribution in [0.3, 0.4) is 0 Å². The highest BCUT2D eigenvalue weighted by atomic mass is 31.2. The lowest BCUT2D eigenvalue weighted by atomic mass is 9.91. The number of aliphatic hydroxyl groups is 1. The molecule has 0 amide bonds. The van der Waals surface area contributed by atoms with Crippen LogP contribution >= 0.6 is 7.75 Å². The monoisotopic (exact) mass is 645 g/mol. The van der Waals surface area contributed by atoms with Gasteiger partial charge >= 0.3 is 19.7 Å². The molecular formula is C30H40N5O9P. The van der Waals surface area contributed by atoms with Crippen LogP contribution in [0, 0.1) is 5.92 Å². The van der Waals surface area contributed by atoms with Crippen molar-refractivity contribution in [2.45, 2.75) is 89.4 Å². The smallest absolute Gasteiger partial charge is 0.459 e. The third kappa shape index (κ3) is 7.31. The molecule has 2 aromatic heterocycles. The SMILES string of the molecule is CC(C)C(=O)O[C@@H]1[C@@H](COP(=O)(N[C@@H](C)C(=O)OC2CCCC2)Oc2ccccc2)O[C@@H](c2ccc3c(N)ncnn23)[C@]1(C)O. The minimum absolute atomic E-state index is 0.190. The van der Waals surface area contributed by atoms with Crippen LogP contribution in [0.1, 0.15) is 65.2 Å². The Morgan fingerprint density at radius 2 is 1.84 bits per heavy atom. The molecule has 3 aromatic rings. The zero-order valence-corrected chi connectivity index (χ0v) is 26.6. The fourth-order valence-electron chi connectivity index (χ4n) is 5.48. The molecule has 0 radical (unpaired) electrons. The summed E-state index contributed by atoms with van der Waals surface area (Å²) in [6, 6.07) is 10.6.